The third kappa shape index (κ3) is 5.02. The Labute approximate surface area is 125 Å². The summed E-state index contributed by atoms with van der Waals surface area (Å²) in [6.45, 7) is 1.97. The van der Waals surface area contributed by atoms with Crippen LogP contribution in [0.25, 0.3) is 0 Å². The third-order valence-corrected chi connectivity index (χ3v) is 4.17. The van der Waals surface area contributed by atoms with E-state index in [2.05, 4.69) is 27.9 Å². The Morgan fingerprint density at radius 3 is 2.82 bits per heavy atom. The lowest BCUT2D eigenvalue weighted by Gasteiger charge is -2.13. The molecule has 0 bridgehead atoms. The molecule has 1 aromatic rings. The second kappa shape index (κ2) is 7.44. The highest BCUT2D eigenvalue weighted by molar-refractivity contribution is 14.1. The first-order chi connectivity index (χ1) is 8.04. The maximum Gasteiger partial charge on any atom is 0.251 e. The van der Waals surface area contributed by atoms with Gasteiger partial charge in [0.05, 0.1) is 5.02 Å². The molecule has 2 nitrogen and oxygen atoms in total. The van der Waals surface area contributed by atoms with E-state index in [1.807, 2.05) is 13.0 Å². The summed E-state index contributed by atoms with van der Waals surface area (Å²) in [7, 11) is 0. The molecule has 1 amide bonds. The molecule has 1 unspecified atom stereocenters. The number of halogens is 3. The van der Waals surface area contributed by atoms with Crippen LogP contribution in [0.2, 0.25) is 5.02 Å². The van der Waals surface area contributed by atoms with Crippen molar-refractivity contribution in [3.8, 4) is 0 Å². The SMILES string of the molecule is CC(CCCCl)NC(=O)c1ccc(I)c(Cl)c1. The molecule has 1 atom stereocenters. The van der Waals surface area contributed by atoms with Gasteiger partial charge in [0.25, 0.3) is 5.91 Å². The van der Waals surface area contributed by atoms with E-state index < -0.39 is 0 Å². The highest BCUT2D eigenvalue weighted by Gasteiger charge is 2.10. The lowest BCUT2D eigenvalue weighted by molar-refractivity contribution is 0.0938. The molecule has 0 spiro atoms. The summed E-state index contributed by atoms with van der Waals surface area (Å²) in [5, 5.41) is 3.52. The Bertz CT molecular complexity index is 398. The lowest BCUT2D eigenvalue weighted by atomic mass is 10.1. The van der Waals surface area contributed by atoms with Crippen molar-refractivity contribution in [2.45, 2.75) is 25.8 Å². The fraction of sp³-hybridized carbons (Fsp3) is 0.417. The predicted octanol–water partition coefficient (Wildman–Crippen LogP) is 4.08. The van der Waals surface area contributed by atoms with Crippen LogP contribution >= 0.6 is 45.8 Å². The number of hydrogen-bond acceptors (Lipinski definition) is 1. The number of amides is 1. The van der Waals surface area contributed by atoms with Crippen LogP contribution in [-0.4, -0.2) is 17.8 Å². The summed E-state index contributed by atoms with van der Waals surface area (Å²) < 4.78 is 0.941. The molecule has 1 N–H and O–H groups in total. The predicted molar refractivity (Wildman–Crippen MR) is 81.1 cm³/mol. The zero-order valence-electron chi connectivity index (χ0n) is 9.47. The molecule has 17 heavy (non-hydrogen) atoms. The van der Waals surface area contributed by atoms with Crippen LogP contribution in [0.4, 0.5) is 0 Å². The van der Waals surface area contributed by atoms with Gasteiger partial charge in [-0.3, -0.25) is 4.79 Å². The Kier molecular flexibility index (Phi) is 6.59. The second-order valence-corrected chi connectivity index (χ2v) is 5.78. The van der Waals surface area contributed by atoms with Gasteiger partial charge in [-0.15, -0.1) is 11.6 Å². The van der Waals surface area contributed by atoms with Crippen LogP contribution in [0.1, 0.15) is 30.1 Å². The highest BCUT2D eigenvalue weighted by atomic mass is 127. The zero-order chi connectivity index (χ0) is 12.8. The Balaban J connectivity index is 2.60. The molecule has 0 radical (unpaired) electrons. The number of carbonyl (C=O) groups is 1. The number of alkyl halides is 1. The summed E-state index contributed by atoms with van der Waals surface area (Å²) >= 11 is 13.7. The van der Waals surface area contributed by atoms with Gasteiger partial charge in [0.1, 0.15) is 0 Å². The van der Waals surface area contributed by atoms with E-state index in [0.717, 1.165) is 16.4 Å². The smallest absolute Gasteiger partial charge is 0.251 e. The van der Waals surface area contributed by atoms with Crippen molar-refractivity contribution >= 4 is 51.7 Å². The first-order valence-corrected chi connectivity index (χ1v) is 7.35. The molecule has 0 aromatic heterocycles. The van der Waals surface area contributed by atoms with E-state index in [9.17, 15) is 4.79 Å². The normalized spacial score (nSPS) is 12.2. The number of rotatable bonds is 5. The molecule has 0 saturated carbocycles. The van der Waals surface area contributed by atoms with Gasteiger partial charge in [0, 0.05) is 21.1 Å². The Hall–Kier alpha value is -0.0000000000000000555. The monoisotopic (exact) mass is 385 g/mol. The molecule has 94 valence electrons. The fourth-order valence-corrected chi connectivity index (χ4v) is 2.07. The van der Waals surface area contributed by atoms with Crippen LogP contribution in [0.15, 0.2) is 18.2 Å². The van der Waals surface area contributed by atoms with Gasteiger partial charge in [0.15, 0.2) is 0 Å². The second-order valence-electron chi connectivity index (χ2n) is 3.83. The fourth-order valence-electron chi connectivity index (χ4n) is 1.40. The maximum atomic E-state index is 11.9. The third-order valence-electron chi connectivity index (χ3n) is 2.33. The van der Waals surface area contributed by atoms with Crippen LogP contribution in [0.5, 0.6) is 0 Å². The van der Waals surface area contributed by atoms with Gasteiger partial charge in [0.2, 0.25) is 0 Å². The van der Waals surface area contributed by atoms with E-state index in [1.165, 1.54) is 0 Å². The van der Waals surface area contributed by atoms with E-state index in [-0.39, 0.29) is 11.9 Å². The van der Waals surface area contributed by atoms with E-state index in [1.54, 1.807) is 12.1 Å². The van der Waals surface area contributed by atoms with Gasteiger partial charge in [-0.2, -0.15) is 0 Å². The maximum absolute atomic E-state index is 11.9. The molecule has 0 aliphatic carbocycles. The average Bonchev–Trinajstić information content (AvgIpc) is 2.30. The number of carbonyl (C=O) groups excluding carboxylic acids is 1. The topological polar surface area (TPSA) is 29.1 Å². The van der Waals surface area contributed by atoms with E-state index in [4.69, 9.17) is 23.2 Å². The van der Waals surface area contributed by atoms with Gasteiger partial charge in [-0.05, 0) is 60.6 Å². The Morgan fingerprint density at radius 1 is 1.53 bits per heavy atom. The number of nitrogens with one attached hydrogen (secondary N) is 1. The molecule has 1 rings (SSSR count). The minimum absolute atomic E-state index is 0.0922. The van der Waals surface area contributed by atoms with Crippen molar-refractivity contribution in [2.24, 2.45) is 0 Å². The van der Waals surface area contributed by atoms with Crippen LogP contribution in [0.3, 0.4) is 0 Å². The van der Waals surface area contributed by atoms with Crippen molar-refractivity contribution in [3.63, 3.8) is 0 Å². The molecule has 0 heterocycles. The number of benzene rings is 1. The van der Waals surface area contributed by atoms with Crippen molar-refractivity contribution in [1.82, 2.24) is 5.32 Å². The van der Waals surface area contributed by atoms with Crippen LogP contribution in [0, 0.1) is 3.57 Å². The molecule has 1 aromatic carbocycles. The van der Waals surface area contributed by atoms with Crippen LogP contribution < -0.4 is 5.32 Å². The van der Waals surface area contributed by atoms with Crippen molar-refractivity contribution in [3.05, 3.63) is 32.4 Å². The molecular weight excluding hydrogens is 372 g/mol. The zero-order valence-corrected chi connectivity index (χ0v) is 13.1. The van der Waals surface area contributed by atoms with Crippen molar-refractivity contribution in [2.75, 3.05) is 5.88 Å². The molecule has 0 aliphatic heterocycles. The summed E-state index contributed by atoms with van der Waals surface area (Å²) in [6, 6.07) is 5.42. The molecule has 0 aliphatic rings. The lowest BCUT2D eigenvalue weighted by Crippen LogP contribution is -2.32. The Morgan fingerprint density at radius 2 is 2.24 bits per heavy atom. The minimum atomic E-state index is -0.0922. The summed E-state index contributed by atoms with van der Waals surface area (Å²) in [4.78, 5) is 11.9. The quantitative estimate of drug-likeness (QED) is 0.600. The first-order valence-electron chi connectivity index (χ1n) is 5.36. The first kappa shape index (κ1) is 15.1. The van der Waals surface area contributed by atoms with Crippen molar-refractivity contribution < 1.29 is 4.79 Å². The number of hydrogen-bond donors (Lipinski definition) is 1. The van der Waals surface area contributed by atoms with Crippen molar-refractivity contribution in [1.29, 1.82) is 0 Å². The van der Waals surface area contributed by atoms with Gasteiger partial charge in [-0.1, -0.05) is 11.6 Å². The largest absolute Gasteiger partial charge is 0.350 e. The molecule has 0 saturated heterocycles. The van der Waals surface area contributed by atoms with E-state index >= 15 is 0 Å². The summed E-state index contributed by atoms with van der Waals surface area (Å²) in [5.41, 5.74) is 0.591. The highest BCUT2D eigenvalue weighted by Crippen LogP contribution is 2.19. The molecular formula is C12H14Cl2INO. The van der Waals surface area contributed by atoms with Gasteiger partial charge >= 0.3 is 0 Å². The minimum Gasteiger partial charge on any atom is -0.350 e. The molecule has 5 heteroatoms. The van der Waals surface area contributed by atoms with Crippen LogP contribution in [-0.2, 0) is 0 Å². The molecule has 0 fully saturated rings. The standard InChI is InChI=1S/C12H14Cl2INO/c1-8(3-2-6-13)16-12(17)9-4-5-11(15)10(14)7-9/h4-5,7-8H,2-3,6H2,1H3,(H,16,17). The van der Waals surface area contributed by atoms with E-state index in [0.29, 0.717) is 16.5 Å². The van der Waals surface area contributed by atoms with Gasteiger partial charge in [-0.25, -0.2) is 0 Å². The summed E-state index contributed by atoms with van der Waals surface area (Å²) in [6.07, 6.45) is 1.78. The average molecular weight is 386 g/mol. The van der Waals surface area contributed by atoms with Gasteiger partial charge < -0.3 is 5.32 Å². The summed E-state index contributed by atoms with van der Waals surface area (Å²) in [5.74, 6) is 0.528.